The molecule has 2 heterocycles. The van der Waals surface area contributed by atoms with E-state index in [0.717, 1.165) is 23.4 Å². The van der Waals surface area contributed by atoms with E-state index in [-0.39, 0.29) is 18.6 Å². The SMILES string of the molecule is COc1cc(NC(=O)NCc2cc(OC)c(OC)c(OC)c2)ccc1Nc1ncc(Cl)c(Nc2ccc(C3CNCCO3)c(OC)c2)n1. The summed E-state index contributed by atoms with van der Waals surface area (Å²) >= 11 is 6.45. The van der Waals surface area contributed by atoms with Crippen LogP contribution in [0.15, 0.2) is 54.7 Å². The van der Waals surface area contributed by atoms with Crippen LogP contribution in [0.4, 0.5) is 33.6 Å². The molecule has 0 spiro atoms. The molecule has 1 aromatic heterocycles. The second-order valence-corrected chi connectivity index (χ2v) is 10.8. The number of anilines is 5. The van der Waals surface area contributed by atoms with E-state index in [1.807, 2.05) is 18.2 Å². The molecule has 3 aromatic carbocycles. The number of hydrogen-bond donors (Lipinski definition) is 5. The largest absolute Gasteiger partial charge is 0.496 e. The molecule has 2 amide bonds. The number of carbonyl (C=O) groups excluding carboxylic acids is 1. The fourth-order valence-corrected chi connectivity index (χ4v) is 5.20. The first kappa shape index (κ1) is 34.2. The van der Waals surface area contributed by atoms with Crippen LogP contribution in [0, 0.1) is 0 Å². The maximum Gasteiger partial charge on any atom is 0.319 e. The van der Waals surface area contributed by atoms with Crippen molar-refractivity contribution < 1.29 is 33.2 Å². The molecule has 254 valence electrons. The molecule has 1 saturated heterocycles. The van der Waals surface area contributed by atoms with E-state index < -0.39 is 6.03 Å². The molecule has 0 aliphatic carbocycles. The number of nitrogens with zero attached hydrogens (tertiary/aromatic N) is 2. The molecular formula is C33H38ClN7O7. The number of amides is 2. The topological polar surface area (TPSA) is 158 Å². The quantitative estimate of drug-likeness (QED) is 0.119. The molecule has 15 heteroatoms. The maximum atomic E-state index is 12.7. The van der Waals surface area contributed by atoms with Crippen LogP contribution < -0.4 is 50.3 Å². The molecule has 4 aromatic rings. The molecule has 48 heavy (non-hydrogen) atoms. The Kier molecular flexibility index (Phi) is 11.4. The molecule has 5 rings (SSSR count). The van der Waals surface area contributed by atoms with Gasteiger partial charge in [-0.25, -0.2) is 9.78 Å². The lowest BCUT2D eigenvalue weighted by Gasteiger charge is -2.25. The summed E-state index contributed by atoms with van der Waals surface area (Å²) in [5.41, 5.74) is 3.51. The van der Waals surface area contributed by atoms with Crippen LogP contribution in [0.5, 0.6) is 28.7 Å². The molecule has 1 unspecified atom stereocenters. The summed E-state index contributed by atoms with van der Waals surface area (Å²) in [4.78, 5) is 21.6. The minimum absolute atomic E-state index is 0.0965. The zero-order chi connectivity index (χ0) is 34.0. The van der Waals surface area contributed by atoms with Gasteiger partial charge >= 0.3 is 6.03 Å². The number of halogens is 1. The normalized spacial score (nSPS) is 14.0. The van der Waals surface area contributed by atoms with Gasteiger partial charge in [0.15, 0.2) is 17.3 Å². The number of rotatable bonds is 13. The third-order valence-corrected chi connectivity index (χ3v) is 7.67. The van der Waals surface area contributed by atoms with Crippen molar-refractivity contribution in [2.24, 2.45) is 0 Å². The van der Waals surface area contributed by atoms with Gasteiger partial charge in [0.2, 0.25) is 11.7 Å². The van der Waals surface area contributed by atoms with Crippen LogP contribution >= 0.6 is 11.6 Å². The van der Waals surface area contributed by atoms with E-state index in [4.69, 9.17) is 40.0 Å². The van der Waals surface area contributed by atoms with E-state index in [9.17, 15) is 4.79 Å². The lowest BCUT2D eigenvalue weighted by atomic mass is 10.1. The molecule has 14 nitrogen and oxygen atoms in total. The molecule has 1 aliphatic heterocycles. The molecular weight excluding hydrogens is 642 g/mol. The number of ether oxygens (including phenoxy) is 6. The molecule has 0 radical (unpaired) electrons. The van der Waals surface area contributed by atoms with Crippen LogP contribution in [0.3, 0.4) is 0 Å². The Morgan fingerprint density at radius 1 is 0.896 bits per heavy atom. The summed E-state index contributed by atoms with van der Waals surface area (Å²) in [5.74, 6) is 3.25. The Bertz CT molecular complexity index is 1710. The number of benzene rings is 3. The third-order valence-electron chi connectivity index (χ3n) is 7.40. The van der Waals surface area contributed by atoms with Gasteiger partial charge in [-0.1, -0.05) is 17.7 Å². The zero-order valence-electron chi connectivity index (χ0n) is 27.2. The summed E-state index contributed by atoms with van der Waals surface area (Å²) < 4.78 is 33.3. The van der Waals surface area contributed by atoms with Gasteiger partial charge < -0.3 is 55.0 Å². The average molecular weight is 680 g/mol. The van der Waals surface area contributed by atoms with Gasteiger partial charge in [0.25, 0.3) is 0 Å². The zero-order valence-corrected chi connectivity index (χ0v) is 28.0. The van der Waals surface area contributed by atoms with E-state index >= 15 is 0 Å². The number of urea groups is 1. The van der Waals surface area contributed by atoms with Crippen molar-refractivity contribution in [3.05, 3.63) is 70.9 Å². The maximum absolute atomic E-state index is 12.7. The Morgan fingerprint density at radius 2 is 1.60 bits per heavy atom. The second kappa shape index (κ2) is 16.1. The van der Waals surface area contributed by atoms with Gasteiger partial charge in [-0.3, -0.25) is 0 Å². The predicted octanol–water partition coefficient (Wildman–Crippen LogP) is 5.64. The summed E-state index contributed by atoms with van der Waals surface area (Å²) in [6.45, 7) is 2.38. The minimum Gasteiger partial charge on any atom is -0.496 e. The molecule has 1 fully saturated rings. The standard InChI is InChI=1S/C33H38ClN7O7/c1-43-25-14-20(6-8-22(25)29-18-35-10-11-48-29)38-31-23(34)17-36-32(41-31)40-24-9-7-21(15-26(24)44-2)39-33(42)37-16-19-12-27(45-3)30(47-5)28(13-19)46-4/h6-9,12-15,17,29,35H,10-11,16,18H2,1-5H3,(H2,37,39,42)(H2,36,38,40,41). The lowest BCUT2D eigenvalue weighted by Crippen LogP contribution is -2.33. The summed E-state index contributed by atoms with van der Waals surface area (Å²) in [6, 6.07) is 14.0. The highest BCUT2D eigenvalue weighted by Crippen LogP contribution is 2.38. The number of methoxy groups -OCH3 is 5. The second-order valence-electron chi connectivity index (χ2n) is 10.4. The number of nitrogens with one attached hydrogen (secondary N) is 5. The van der Waals surface area contributed by atoms with Crippen molar-refractivity contribution in [1.82, 2.24) is 20.6 Å². The van der Waals surface area contributed by atoms with Gasteiger partial charge in [-0.2, -0.15) is 4.98 Å². The molecule has 0 bridgehead atoms. The van der Waals surface area contributed by atoms with Crippen LogP contribution in [0.1, 0.15) is 17.2 Å². The van der Waals surface area contributed by atoms with Crippen LogP contribution in [0.25, 0.3) is 0 Å². The molecule has 1 atom stereocenters. The van der Waals surface area contributed by atoms with Crippen LogP contribution in [0.2, 0.25) is 5.02 Å². The van der Waals surface area contributed by atoms with Gasteiger partial charge in [-0.05, 0) is 35.9 Å². The third kappa shape index (κ3) is 8.20. The van der Waals surface area contributed by atoms with Crippen molar-refractivity contribution >= 4 is 46.5 Å². The van der Waals surface area contributed by atoms with Crippen LogP contribution in [-0.4, -0.2) is 71.2 Å². The van der Waals surface area contributed by atoms with E-state index in [1.54, 1.807) is 37.4 Å². The first-order chi connectivity index (χ1) is 23.3. The van der Waals surface area contributed by atoms with Gasteiger partial charge in [0.05, 0.1) is 60.1 Å². The summed E-state index contributed by atoms with van der Waals surface area (Å²) in [7, 11) is 7.74. The van der Waals surface area contributed by atoms with Crippen molar-refractivity contribution in [2.45, 2.75) is 12.6 Å². The van der Waals surface area contributed by atoms with Crippen molar-refractivity contribution in [1.29, 1.82) is 0 Å². The highest BCUT2D eigenvalue weighted by atomic mass is 35.5. The molecule has 1 aliphatic rings. The van der Waals surface area contributed by atoms with Crippen molar-refractivity contribution in [3.63, 3.8) is 0 Å². The van der Waals surface area contributed by atoms with Crippen molar-refractivity contribution in [3.8, 4) is 28.7 Å². The minimum atomic E-state index is -0.420. The van der Waals surface area contributed by atoms with Crippen molar-refractivity contribution in [2.75, 3.05) is 71.2 Å². The van der Waals surface area contributed by atoms with Gasteiger partial charge in [-0.15, -0.1) is 0 Å². The highest BCUT2D eigenvalue weighted by molar-refractivity contribution is 6.32. The molecule has 0 saturated carbocycles. The average Bonchev–Trinajstić information content (AvgIpc) is 3.12. The Morgan fingerprint density at radius 3 is 2.27 bits per heavy atom. The molecule has 5 N–H and O–H groups in total. The Hall–Kier alpha value is -5.18. The summed E-state index contributed by atoms with van der Waals surface area (Å²) in [5, 5.41) is 15.7. The first-order valence-electron chi connectivity index (χ1n) is 14.9. The fourth-order valence-electron chi connectivity index (χ4n) is 5.06. The highest BCUT2D eigenvalue weighted by Gasteiger charge is 2.20. The number of aromatic nitrogens is 2. The predicted molar refractivity (Wildman–Crippen MR) is 183 cm³/mol. The fraction of sp³-hybridized carbons (Fsp3) is 0.303. The summed E-state index contributed by atoms with van der Waals surface area (Å²) in [6.07, 6.45) is 1.40. The monoisotopic (exact) mass is 679 g/mol. The Labute approximate surface area is 283 Å². The van der Waals surface area contributed by atoms with E-state index in [1.165, 1.54) is 34.6 Å². The van der Waals surface area contributed by atoms with E-state index in [2.05, 4.69) is 36.6 Å². The lowest BCUT2D eigenvalue weighted by molar-refractivity contribution is 0.0263. The first-order valence-corrected chi connectivity index (χ1v) is 15.3. The number of carbonyl (C=O) groups is 1. The smallest absolute Gasteiger partial charge is 0.319 e. The number of hydrogen-bond acceptors (Lipinski definition) is 12. The van der Waals surface area contributed by atoms with Gasteiger partial charge in [0, 0.05) is 48.7 Å². The van der Waals surface area contributed by atoms with Crippen LogP contribution in [-0.2, 0) is 11.3 Å². The number of morpholine rings is 1. The Balaban J connectivity index is 1.24. The van der Waals surface area contributed by atoms with E-state index in [0.29, 0.717) is 64.1 Å². The van der Waals surface area contributed by atoms with Gasteiger partial charge in [0.1, 0.15) is 16.5 Å².